The number of nitrogens with zero attached hydrogens (tertiary/aromatic N) is 5. The Morgan fingerprint density at radius 2 is 1.86 bits per heavy atom. The summed E-state index contributed by atoms with van der Waals surface area (Å²) >= 11 is 6.13. The van der Waals surface area contributed by atoms with Crippen LogP contribution in [-0.4, -0.2) is 30.7 Å². The summed E-state index contributed by atoms with van der Waals surface area (Å²) < 4.78 is 1.79. The van der Waals surface area contributed by atoms with Crippen LogP contribution in [0.3, 0.4) is 0 Å². The number of aromatic amines is 1. The smallest absolute Gasteiger partial charge is 0.276 e. The molecule has 4 heterocycles. The summed E-state index contributed by atoms with van der Waals surface area (Å²) in [4.78, 5) is 20.8. The second-order valence-corrected chi connectivity index (χ2v) is 9.78. The van der Waals surface area contributed by atoms with E-state index in [9.17, 15) is 4.79 Å². The molecule has 0 atom stereocenters. The van der Waals surface area contributed by atoms with E-state index in [2.05, 4.69) is 44.7 Å². The first-order valence-electron chi connectivity index (χ1n) is 12.0. The molecule has 2 aliphatic rings. The predicted molar refractivity (Wildman–Crippen MR) is 138 cm³/mol. The first kappa shape index (κ1) is 21.1. The molecule has 2 aromatic carbocycles. The van der Waals surface area contributed by atoms with Gasteiger partial charge in [-0.25, -0.2) is 9.50 Å². The minimum atomic E-state index is -0.266. The van der Waals surface area contributed by atoms with Gasteiger partial charge in [-0.15, -0.1) is 0 Å². The SMILES string of the molecule is O=C(Nc1cccc(Cl)c1)c1nn2c(-c3cn[nH]c3)cc(N3Cc4ccccc4C3)nc2c1C1CC1. The lowest BCUT2D eigenvalue weighted by atomic mass is 10.1. The molecular weight excluding hydrogens is 474 g/mol. The van der Waals surface area contributed by atoms with Gasteiger partial charge in [0, 0.05) is 47.2 Å². The summed E-state index contributed by atoms with van der Waals surface area (Å²) in [6, 6.07) is 17.6. The summed E-state index contributed by atoms with van der Waals surface area (Å²) in [6.45, 7) is 1.58. The lowest BCUT2D eigenvalue weighted by molar-refractivity contribution is 0.102. The van der Waals surface area contributed by atoms with E-state index in [1.807, 2.05) is 24.4 Å². The standard InChI is InChI=1S/C27H22ClN7O/c28-20-6-3-7-21(10-20)31-27(36)25-24(16-8-9-16)26-32-23(34-14-17-4-1-2-5-18(17)15-34)11-22(35(26)33-25)19-12-29-30-13-19/h1-7,10-13,16H,8-9,14-15H2,(H,29,30)(H,31,36). The van der Waals surface area contributed by atoms with Crippen LogP contribution in [0.25, 0.3) is 16.9 Å². The molecule has 8 nitrogen and oxygen atoms in total. The summed E-state index contributed by atoms with van der Waals surface area (Å²) in [5, 5.41) is 15.4. The third kappa shape index (κ3) is 3.61. The van der Waals surface area contributed by atoms with Crippen LogP contribution in [0.4, 0.5) is 11.5 Å². The van der Waals surface area contributed by atoms with E-state index in [0.717, 1.165) is 54.2 Å². The number of rotatable bonds is 5. The number of halogens is 1. The molecule has 0 unspecified atom stereocenters. The molecule has 1 amide bonds. The van der Waals surface area contributed by atoms with Crippen molar-refractivity contribution in [2.24, 2.45) is 0 Å². The van der Waals surface area contributed by atoms with E-state index in [1.165, 1.54) is 11.1 Å². The summed E-state index contributed by atoms with van der Waals surface area (Å²) in [7, 11) is 0. The molecule has 0 saturated heterocycles. The Balaban J connectivity index is 1.37. The first-order valence-corrected chi connectivity index (χ1v) is 12.3. The molecule has 1 aliphatic heterocycles. The number of hydrogen-bond acceptors (Lipinski definition) is 5. The van der Waals surface area contributed by atoms with Crippen molar-refractivity contribution in [3.8, 4) is 11.3 Å². The van der Waals surface area contributed by atoms with E-state index in [4.69, 9.17) is 21.7 Å². The molecule has 3 aromatic heterocycles. The molecular formula is C27H22ClN7O. The van der Waals surface area contributed by atoms with Gasteiger partial charge in [0.25, 0.3) is 5.91 Å². The van der Waals surface area contributed by atoms with Gasteiger partial charge in [0.05, 0.1) is 11.9 Å². The van der Waals surface area contributed by atoms with Crippen molar-refractivity contribution >= 4 is 34.7 Å². The molecule has 0 spiro atoms. The molecule has 1 fully saturated rings. The Hall–Kier alpha value is -4.17. The van der Waals surface area contributed by atoms with Crippen LogP contribution in [0.2, 0.25) is 5.02 Å². The molecule has 0 radical (unpaired) electrons. The lowest BCUT2D eigenvalue weighted by Crippen LogP contribution is -2.17. The molecule has 1 saturated carbocycles. The van der Waals surface area contributed by atoms with Crippen molar-refractivity contribution in [3.63, 3.8) is 0 Å². The Morgan fingerprint density at radius 3 is 2.56 bits per heavy atom. The zero-order valence-electron chi connectivity index (χ0n) is 19.3. The van der Waals surface area contributed by atoms with Crippen molar-refractivity contribution < 1.29 is 4.79 Å². The number of nitrogens with one attached hydrogen (secondary N) is 2. The molecule has 5 aromatic rings. The van der Waals surface area contributed by atoms with Crippen LogP contribution in [-0.2, 0) is 13.1 Å². The van der Waals surface area contributed by atoms with Crippen LogP contribution < -0.4 is 10.2 Å². The number of benzene rings is 2. The van der Waals surface area contributed by atoms with Crippen LogP contribution in [0.15, 0.2) is 67.0 Å². The predicted octanol–water partition coefficient (Wildman–Crippen LogP) is 5.42. The van der Waals surface area contributed by atoms with Crippen LogP contribution in [0.5, 0.6) is 0 Å². The fraction of sp³-hybridized carbons (Fsp3) is 0.185. The Kier molecular flexibility index (Phi) is 4.82. The summed E-state index contributed by atoms with van der Waals surface area (Å²) in [5.74, 6) is 0.856. The highest BCUT2D eigenvalue weighted by molar-refractivity contribution is 6.31. The van der Waals surface area contributed by atoms with E-state index in [0.29, 0.717) is 16.4 Å². The van der Waals surface area contributed by atoms with Gasteiger partial charge in [-0.3, -0.25) is 9.89 Å². The number of carbonyl (C=O) groups excluding carboxylic acids is 1. The fourth-order valence-electron chi connectivity index (χ4n) is 4.95. The van der Waals surface area contributed by atoms with Gasteiger partial charge in [-0.2, -0.15) is 10.2 Å². The average molecular weight is 496 g/mol. The average Bonchev–Trinajstić information content (AvgIpc) is 3.28. The van der Waals surface area contributed by atoms with Gasteiger partial charge in [0.1, 0.15) is 5.82 Å². The minimum Gasteiger partial charge on any atom is -0.348 e. The van der Waals surface area contributed by atoms with E-state index < -0.39 is 0 Å². The van der Waals surface area contributed by atoms with Gasteiger partial charge in [-0.1, -0.05) is 41.9 Å². The minimum absolute atomic E-state index is 0.262. The topological polar surface area (TPSA) is 91.2 Å². The third-order valence-electron chi connectivity index (χ3n) is 6.85. The number of carbonyl (C=O) groups is 1. The maximum absolute atomic E-state index is 13.4. The van der Waals surface area contributed by atoms with Crippen LogP contribution >= 0.6 is 11.6 Å². The maximum atomic E-state index is 13.4. The number of anilines is 2. The van der Waals surface area contributed by atoms with Gasteiger partial charge < -0.3 is 10.2 Å². The summed E-state index contributed by atoms with van der Waals surface area (Å²) in [5.41, 5.74) is 6.98. The zero-order chi connectivity index (χ0) is 24.2. The second-order valence-electron chi connectivity index (χ2n) is 9.35. The first-order chi connectivity index (χ1) is 17.6. The van der Waals surface area contributed by atoms with E-state index >= 15 is 0 Å². The van der Waals surface area contributed by atoms with Crippen LogP contribution in [0.1, 0.15) is 45.9 Å². The van der Waals surface area contributed by atoms with Crippen molar-refractivity contribution in [1.82, 2.24) is 24.8 Å². The monoisotopic (exact) mass is 495 g/mol. The van der Waals surface area contributed by atoms with Crippen molar-refractivity contribution in [2.75, 3.05) is 10.2 Å². The highest BCUT2D eigenvalue weighted by Crippen LogP contribution is 2.44. The molecule has 1 aliphatic carbocycles. The largest absolute Gasteiger partial charge is 0.348 e. The number of aromatic nitrogens is 5. The molecule has 0 bridgehead atoms. The number of hydrogen-bond donors (Lipinski definition) is 2. The second kappa shape index (κ2) is 8.20. The molecule has 9 heteroatoms. The third-order valence-corrected chi connectivity index (χ3v) is 7.09. The normalized spacial score (nSPS) is 14.9. The Bertz CT molecular complexity index is 1600. The Labute approximate surface area is 211 Å². The maximum Gasteiger partial charge on any atom is 0.276 e. The number of fused-ring (bicyclic) bond motifs is 2. The summed E-state index contributed by atoms with van der Waals surface area (Å²) in [6.07, 6.45) is 5.63. The van der Waals surface area contributed by atoms with Crippen molar-refractivity contribution in [1.29, 1.82) is 0 Å². The Morgan fingerprint density at radius 1 is 1.06 bits per heavy atom. The highest BCUT2D eigenvalue weighted by atomic mass is 35.5. The molecule has 7 rings (SSSR count). The molecule has 2 N–H and O–H groups in total. The zero-order valence-corrected chi connectivity index (χ0v) is 20.0. The van der Waals surface area contributed by atoms with Gasteiger partial charge >= 0.3 is 0 Å². The fourth-order valence-corrected chi connectivity index (χ4v) is 5.14. The van der Waals surface area contributed by atoms with Crippen molar-refractivity contribution in [2.45, 2.75) is 31.8 Å². The van der Waals surface area contributed by atoms with E-state index in [-0.39, 0.29) is 11.8 Å². The number of amides is 1. The van der Waals surface area contributed by atoms with Gasteiger partial charge in [0.2, 0.25) is 0 Å². The molecule has 36 heavy (non-hydrogen) atoms. The number of H-pyrrole nitrogens is 1. The van der Waals surface area contributed by atoms with E-state index in [1.54, 1.807) is 22.8 Å². The quantitative estimate of drug-likeness (QED) is 0.339. The highest BCUT2D eigenvalue weighted by Gasteiger charge is 2.35. The lowest BCUT2D eigenvalue weighted by Gasteiger charge is -2.18. The molecule has 178 valence electrons. The van der Waals surface area contributed by atoms with Gasteiger partial charge in [0.15, 0.2) is 11.3 Å². The van der Waals surface area contributed by atoms with Gasteiger partial charge in [-0.05, 0) is 48.1 Å². The van der Waals surface area contributed by atoms with Crippen LogP contribution in [0, 0.1) is 0 Å². The van der Waals surface area contributed by atoms with Crippen molar-refractivity contribution in [3.05, 3.63) is 94.4 Å².